The maximum atomic E-state index is 10.4. The Balaban J connectivity index is 2.22. The van der Waals surface area contributed by atoms with Crippen molar-refractivity contribution in [1.82, 2.24) is 9.78 Å². The Morgan fingerprint density at radius 3 is 2.68 bits per heavy atom. The second-order valence-electron chi connectivity index (χ2n) is 4.81. The summed E-state index contributed by atoms with van der Waals surface area (Å²) in [5.41, 5.74) is 3.98. The highest BCUT2D eigenvalue weighted by Gasteiger charge is 2.14. The normalized spacial score (nSPS) is 12.7. The molecule has 0 fully saturated rings. The number of hydrogen-bond donors (Lipinski definition) is 1. The van der Waals surface area contributed by atoms with Gasteiger partial charge in [0.1, 0.15) is 0 Å². The molecule has 0 aliphatic rings. The van der Waals surface area contributed by atoms with E-state index in [1.54, 1.807) is 0 Å². The zero-order chi connectivity index (χ0) is 14.0. The standard InChI is InChI=1S/C15H19ClN2O/c1-4-18-13(8-11(3)17-18)9-15(19)14-6-5-12(16)7-10(14)2/h5-8,15,19H,4,9H2,1-3H3. The number of rotatable bonds is 4. The van der Waals surface area contributed by atoms with Crippen LogP contribution in [-0.2, 0) is 13.0 Å². The summed E-state index contributed by atoms with van der Waals surface area (Å²) in [6, 6.07) is 7.61. The van der Waals surface area contributed by atoms with Crippen molar-refractivity contribution in [3.8, 4) is 0 Å². The smallest absolute Gasteiger partial charge is 0.0847 e. The van der Waals surface area contributed by atoms with Crippen LogP contribution in [0.15, 0.2) is 24.3 Å². The summed E-state index contributed by atoms with van der Waals surface area (Å²) in [7, 11) is 0. The van der Waals surface area contributed by atoms with Crippen molar-refractivity contribution in [3.63, 3.8) is 0 Å². The van der Waals surface area contributed by atoms with Crippen LogP contribution in [0.3, 0.4) is 0 Å². The zero-order valence-electron chi connectivity index (χ0n) is 11.5. The average molecular weight is 279 g/mol. The first-order chi connectivity index (χ1) is 9.01. The van der Waals surface area contributed by atoms with Gasteiger partial charge in [-0.3, -0.25) is 4.68 Å². The zero-order valence-corrected chi connectivity index (χ0v) is 12.3. The SMILES string of the molecule is CCn1nc(C)cc1CC(O)c1ccc(Cl)cc1C. The van der Waals surface area contributed by atoms with Crippen molar-refractivity contribution >= 4 is 11.6 Å². The molecule has 2 aromatic rings. The van der Waals surface area contributed by atoms with Gasteiger partial charge in [0.15, 0.2) is 0 Å². The first-order valence-electron chi connectivity index (χ1n) is 6.48. The lowest BCUT2D eigenvalue weighted by Crippen LogP contribution is -2.09. The topological polar surface area (TPSA) is 38.0 Å². The second-order valence-corrected chi connectivity index (χ2v) is 5.25. The van der Waals surface area contributed by atoms with Gasteiger partial charge in [-0.15, -0.1) is 0 Å². The highest BCUT2D eigenvalue weighted by atomic mass is 35.5. The number of aliphatic hydroxyl groups excluding tert-OH is 1. The minimum atomic E-state index is -0.529. The molecular formula is C15H19ClN2O. The van der Waals surface area contributed by atoms with E-state index in [1.165, 1.54) is 0 Å². The van der Waals surface area contributed by atoms with Gasteiger partial charge in [0.25, 0.3) is 0 Å². The minimum absolute atomic E-state index is 0.529. The van der Waals surface area contributed by atoms with E-state index < -0.39 is 6.10 Å². The Hall–Kier alpha value is -1.32. The highest BCUT2D eigenvalue weighted by molar-refractivity contribution is 6.30. The van der Waals surface area contributed by atoms with Gasteiger partial charge in [0.05, 0.1) is 11.8 Å². The minimum Gasteiger partial charge on any atom is -0.388 e. The van der Waals surface area contributed by atoms with Crippen LogP contribution in [0.25, 0.3) is 0 Å². The van der Waals surface area contributed by atoms with Crippen molar-refractivity contribution in [2.45, 2.75) is 39.8 Å². The quantitative estimate of drug-likeness (QED) is 0.930. The Bertz CT molecular complexity index is 578. The van der Waals surface area contributed by atoms with Crippen molar-refractivity contribution in [2.24, 2.45) is 0 Å². The molecule has 0 aliphatic heterocycles. The lowest BCUT2D eigenvalue weighted by molar-refractivity contribution is 0.174. The van der Waals surface area contributed by atoms with Gasteiger partial charge in [0, 0.05) is 23.7 Å². The Labute approximate surface area is 118 Å². The molecule has 1 N–H and O–H groups in total. The fraction of sp³-hybridized carbons (Fsp3) is 0.400. The molecule has 1 aromatic carbocycles. The molecule has 0 saturated heterocycles. The molecule has 19 heavy (non-hydrogen) atoms. The first-order valence-corrected chi connectivity index (χ1v) is 6.86. The number of aromatic nitrogens is 2. The molecule has 102 valence electrons. The monoisotopic (exact) mass is 278 g/mol. The molecule has 4 heteroatoms. The number of hydrogen-bond acceptors (Lipinski definition) is 2. The van der Waals surface area contributed by atoms with Crippen LogP contribution in [0.2, 0.25) is 5.02 Å². The van der Waals surface area contributed by atoms with Crippen LogP contribution in [-0.4, -0.2) is 14.9 Å². The molecule has 0 amide bonds. The van der Waals surface area contributed by atoms with E-state index in [4.69, 9.17) is 11.6 Å². The summed E-state index contributed by atoms with van der Waals surface area (Å²) >= 11 is 5.94. The maximum Gasteiger partial charge on any atom is 0.0847 e. The van der Waals surface area contributed by atoms with Gasteiger partial charge in [0.2, 0.25) is 0 Å². The Morgan fingerprint density at radius 1 is 1.32 bits per heavy atom. The van der Waals surface area contributed by atoms with Gasteiger partial charge in [-0.2, -0.15) is 5.10 Å². The number of aryl methyl sites for hydroxylation is 3. The lowest BCUT2D eigenvalue weighted by Gasteiger charge is -2.14. The molecule has 1 heterocycles. The van der Waals surface area contributed by atoms with Gasteiger partial charge in [-0.05, 0) is 50.1 Å². The molecule has 2 rings (SSSR count). The summed E-state index contributed by atoms with van der Waals surface area (Å²) in [4.78, 5) is 0. The number of nitrogens with zero attached hydrogens (tertiary/aromatic N) is 2. The molecule has 1 unspecified atom stereocenters. The molecule has 0 radical (unpaired) electrons. The molecular weight excluding hydrogens is 260 g/mol. The fourth-order valence-corrected chi connectivity index (χ4v) is 2.58. The van der Waals surface area contributed by atoms with Crippen molar-refractivity contribution in [1.29, 1.82) is 0 Å². The predicted octanol–water partition coefficient (Wildman–Crippen LogP) is 3.45. The van der Waals surface area contributed by atoms with Crippen molar-refractivity contribution in [2.75, 3.05) is 0 Å². The van der Waals surface area contributed by atoms with E-state index >= 15 is 0 Å². The van der Waals surface area contributed by atoms with E-state index in [9.17, 15) is 5.11 Å². The third-order valence-corrected chi connectivity index (χ3v) is 3.51. The van der Waals surface area contributed by atoms with E-state index in [-0.39, 0.29) is 0 Å². The highest BCUT2D eigenvalue weighted by Crippen LogP contribution is 2.24. The molecule has 0 saturated carbocycles. The van der Waals surface area contributed by atoms with Gasteiger partial charge in [-0.1, -0.05) is 17.7 Å². The molecule has 0 aliphatic carbocycles. The summed E-state index contributed by atoms with van der Waals surface area (Å²) in [5, 5.41) is 15.5. The van der Waals surface area contributed by atoms with Gasteiger partial charge < -0.3 is 5.11 Å². The van der Waals surface area contributed by atoms with Crippen LogP contribution in [0.1, 0.15) is 35.5 Å². The van der Waals surface area contributed by atoms with E-state index in [0.717, 1.165) is 29.1 Å². The molecule has 0 bridgehead atoms. The van der Waals surface area contributed by atoms with Crippen LogP contribution in [0.4, 0.5) is 0 Å². The predicted molar refractivity (Wildman–Crippen MR) is 77.5 cm³/mol. The number of halogens is 1. The summed E-state index contributed by atoms with van der Waals surface area (Å²) < 4.78 is 1.93. The Morgan fingerprint density at radius 2 is 2.05 bits per heavy atom. The Kier molecular flexibility index (Phi) is 4.27. The van der Waals surface area contributed by atoms with Gasteiger partial charge in [-0.25, -0.2) is 0 Å². The maximum absolute atomic E-state index is 10.4. The molecule has 0 spiro atoms. The molecule has 1 atom stereocenters. The van der Waals surface area contributed by atoms with Crippen LogP contribution in [0, 0.1) is 13.8 Å². The first kappa shape index (κ1) is 14.1. The van der Waals surface area contributed by atoms with Crippen molar-refractivity contribution in [3.05, 3.63) is 51.8 Å². The number of aliphatic hydroxyl groups is 1. The third-order valence-electron chi connectivity index (χ3n) is 3.28. The number of benzene rings is 1. The van der Waals surface area contributed by atoms with E-state index in [2.05, 4.69) is 12.0 Å². The van der Waals surface area contributed by atoms with E-state index in [0.29, 0.717) is 11.4 Å². The summed E-state index contributed by atoms with van der Waals surface area (Å²) in [6.45, 7) is 6.80. The average Bonchev–Trinajstić information content (AvgIpc) is 2.69. The second kappa shape index (κ2) is 5.76. The van der Waals surface area contributed by atoms with Gasteiger partial charge >= 0.3 is 0 Å². The van der Waals surface area contributed by atoms with Crippen LogP contribution < -0.4 is 0 Å². The van der Waals surface area contributed by atoms with Crippen molar-refractivity contribution < 1.29 is 5.11 Å². The van der Waals surface area contributed by atoms with E-state index in [1.807, 2.05) is 42.8 Å². The summed E-state index contributed by atoms with van der Waals surface area (Å²) in [5.74, 6) is 0. The third kappa shape index (κ3) is 3.17. The molecule has 1 aromatic heterocycles. The van der Waals surface area contributed by atoms with Crippen LogP contribution in [0.5, 0.6) is 0 Å². The molecule has 3 nitrogen and oxygen atoms in total. The lowest BCUT2D eigenvalue weighted by atomic mass is 10.00. The fourth-order valence-electron chi connectivity index (χ4n) is 2.36. The summed E-state index contributed by atoms with van der Waals surface area (Å²) in [6.07, 6.45) is 0.0376. The largest absolute Gasteiger partial charge is 0.388 e. The van der Waals surface area contributed by atoms with Crippen LogP contribution >= 0.6 is 11.6 Å².